The van der Waals surface area contributed by atoms with Gasteiger partial charge in [0.1, 0.15) is 23.1 Å². The molecule has 0 aliphatic carbocycles. The molecule has 1 saturated heterocycles. The van der Waals surface area contributed by atoms with Crippen LogP contribution in [0.4, 0.5) is 0 Å². The van der Waals surface area contributed by atoms with Gasteiger partial charge in [-0.2, -0.15) is 0 Å². The van der Waals surface area contributed by atoms with Crippen LogP contribution in [0.15, 0.2) is 48.7 Å². The van der Waals surface area contributed by atoms with Gasteiger partial charge < -0.3 is 24.1 Å². The molecule has 7 nitrogen and oxygen atoms in total. The Morgan fingerprint density at radius 2 is 1.91 bits per heavy atom. The van der Waals surface area contributed by atoms with Gasteiger partial charge >= 0.3 is 0 Å². The Kier molecular flexibility index (Phi) is 6.63. The summed E-state index contributed by atoms with van der Waals surface area (Å²) < 4.78 is 16.1. The molecule has 0 spiro atoms. The molecule has 3 aromatic rings. The van der Waals surface area contributed by atoms with Crippen molar-refractivity contribution in [3.8, 4) is 28.5 Å². The number of aryl methyl sites for hydroxylation is 1. The second-order valence-electron chi connectivity index (χ2n) is 7.84. The Balaban J connectivity index is 1.46. The number of methoxy groups -OCH3 is 3. The lowest BCUT2D eigenvalue weighted by atomic mass is 10.1. The van der Waals surface area contributed by atoms with E-state index in [2.05, 4.69) is 9.97 Å². The third-order valence-corrected chi connectivity index (χ3v) is 5.96. The molecule has 1 atom stereocenters. The maximum Gasteiger partial charge on any atom is 0.223 e. The number of nitrogens with one attached hydrogen (secondary N) is 1. The highest BCUT2D eigenvalue weighted by Crippen LogP contribution is 2.33. The third kappa shape index (κ3) is 4.56. The number of aromatic amines is 1. The van der Waals surface area contributed by atoms with E-state index in [0.29, 0.717) is 12.8 Å². The number of amides is 1. The second-order valence-corrected chi connectivity index (χ2v) is 7.84. The minimum absolute atomic E-state index is 0.0333. The lowest BCUT2D eigenvalue weighted by molar-refractivity contribution is -0.132. The summed E-state index contributed by atoms with van der Waals surface area (Å²) in [5, 5.41) is 0. The molecule has 1 fully saturated rings. The van der Waals surface area contributed by atoms with Crippen molar-refractivity contribution in [3.63, 3.8) is 0 Å². The Morgan fingerprint density at radius 1 is 1.09 bits per heavy atom. The predicted octanol–water partition coefficient (Wildman–Crippen LogP) is 4.40. The Hall–Kier alpha value is -3.48. The number of H-pyrrole nitrogens is 1. The Bertz CT molecular complexity index is 1080. The summed E-state index contributed by atoms with van der Waals surface area (Å²) in [5.41, 5.74) is 2.89. The van der Waals surface area contributed by atoms with Crippen LogP contribution in [0, 0.1) is 0 Å². The molecule has 2 aromatic carbocycles. The van der Waals surface area contributed by atoms with E-state index in [1.807, 2.05) is 53.6 Å². The van der Waals surface area contributed by atoms with E-state index >= 15 is 0 Å². The van der Waals surface area contributed by atoms with Crippen LogP contribution in [-0.4, -0.2) is 48.6 Å². The standard InChI is InChI=1S/C25H29N3O4/c1-30-19-7-4-6-17(14-19)21-16-26-25(27-21)22-8-5-13-28(22)24(29)12-9-18-15-20(31-2)10-11-23(18)32-3/h4,6-7,10-11,14-16,22H,5,8-9,12-13H2,1-3H3,(H,26,27)/t22-/m1/s1. The first kappa shape index (κ1) is 21.7. The van der Waals surface area contributed by atoms with E-state index in [4.69, 9.17) is 14.2 Å². The molecule has 1 aliphatic heterocycles. The van der Waals surface area contributed by atoms with Gasteiger partial charge in [0.25, 0.3) is 0 Å². The lowest BCUT2D eigenvalue weighted by Gasteiger charge is -2.23. The van der Waals surface area contributed by atoms with Crippen molar-refractivity contribution in [2.24, 2.45) is 0 Å². The fourth-order valence-electron chi connectivity index (χ4n) is 4.26. The number of aromatic nitrogens is 2. The van der Waals surface area contributed by atoms with E-state index in [0.717, 1.165) is 59.3 Å². The second kappa shape index (κ2) is 9.77. The number of rotatable bonds is 8. The molecule has 7 heteroatoms. The minimum Gasteiger partial charge on any atom is -0.497 e. The van der Waals surface area contributed by atoms with Gasteiger partial charge in [0, 0.05) is 18.5 Å². The molecule has 4 rings (SSSR count). The van der Waals surface area contributed by atoms with Crippen LogP contribution in [0.1, 0.15) is 36.7 Å². The third-order valence-electron chi connectivity index (χ3n) is 5.96. The maximum atomic E-state index is 13.1. The van der Waals surface area contributed by atoms with Gasteiger partial charge in [-0.25, -0.2) is 4.98 Å². The molecular weight excluding hydrogens is 406 g/mol. The van der Waals surface area contributed by atoms with Crippen molar-refractivity contribution in [3.05, 3.63) is 60.0 Å². The SMILES string of the molecule is COc1cccc(-c2cnc([C@H]3CCCN3C(=O)CCc3cc(OC)ccc3OC)[nH]2)c1. The summed E-state index contributed by atoms with van der Waals surface area (Å²) in [4.78, 5) is 23.1. The molecule has 2 heterocycles. The topological polar surface area (TPSA) is 76.7 Å². The maximum absolute atomic E-state index is 13.1. The number of imidazole rings is 1. The van der Waals surface area contributed by atoms with Crippen LogP contribution in [0.2, 0.25) is 0 Å². The summed E-state index contributed by atoms with van der Waals surface area (Å²) in [5.74, 6) is 3.27. The molecule has 1 aliphatic rings. The molecule has 1 N–H and O–H groups in total. The molecule has 0 unspecified atom stereocenters. The molecule has 32 heavy (non-hydrogen) atoms. The average molecular weight is 436 g/mol. The first-order chi connectivity index (χ1) is 15.6. The zero-order valence-electron chi connectivity index (χ0n) is 18.8. The fourth-order valence-corrected chi connectivity index (χ4v) is 4.26. The summed E-state index contributed by atoms with van der Waals surface area (Å²) in [6.07, 6.45) is 4.69. The highest BCUT2D eigenvalue weighted by molar-refractivity contribution is 5.77. The summed E-state index contributed by atoms with van der Waals surface area (Å²) >= 11 is 0. The largest absolute Gasteiger partial charge is 0.497 e. The first-order valence-electron chi connectivity index (χ1n) is 10.8. The number of carbonyl (C=O) groups is 1. The average Bonchev–Trinajstić information content (AvgIpc) is 3.52. The van der Waals surface area contributed by atoms with Crippen molar-refractivity contribution >= 4 is 5.91 Å². The fraction of sp³-hybridized carbons (Fsp3) is 0.360. The van der Waals surface area contributed by atoms with Crippen LogP contribution < -0.4 is 14.2 Å². The summed E-state index contributed by atoms with van der Waals surface area (Å²) in [6.45, 7) is 0.744. The molecule has 1 aromatic heterocycles. The number of likely N-dealkylation sites (tertiary alicyclic amines) is 1. The predicted molar refractivity (Wildman–Crippen MR) is 122 cm³/mol. The van der Waals surface area contributed by atoms with Gasteiger partial charge in [0.2, 0.25) is 5.91 Å². The smallest absolute Gasteiger partial charge is 0.223 e. The highest BCUT2D eigenvalue weighted by Gasteiger charge is 2.31. The Labute approximate surface area is 188 Å². The van der Waals surface area contributed by atoms with Gasteiger partial charge in [-0.1, -0.05) is 12.1 Å². The molecule has 0 saturated carbocycles. The van der Waals surface area contributed by atoms with E-state index in [9.17, 15) is 4.79 Å². The zero-order chi connectivity index (χ0) is 22.5. The highest BCUT2D eigenvalue weighted by atomic mass is 16.5. The number of nitrogens with zero attached hydrogens (tertiary/aromatic N) is 2. The quantitative estimate of drug-likeness (QED) is 0.568. The molecule has 0 bridgehead atoms. The van der Waals surface area contributed by atoms with Gasteiger partial charge in [0.15, 0.2) is 0 Å². The van der Waals surface area contributed by atoms with Crippen molar-refractivity contribution in [2.45, 2.75) is 31.7 Å². The normalized spacial score (nSPS) is 15.6. The monoisotopic (exact) mass is 435 g/mol. The van der Waals surface area contributed by atoms with E-state index in [-0.39, 0.29) is 11.9 Å². The molecule has 0 radical (unpaired) electrons. The van der Waals surface area contributed by atoms with E-state index < -0.39 is 0 Å². The number of hydrogen-bond donors (Lipinski definition) is 1. The number of carbonyl (C=O) groups excluding carboxylic acids is 1. The van der Waals surface area contributed by atoms with Crippen LogP contribution in [-0.2, 0) is 11.2 Å². The Morgan fingerprint density at radius 3 is 2.69 bits per heavy atom. The van der Waals surface area contributed by atoms with Crippen LogP contribution in [0.5, 0.6) is 17.2 Å². The summed E-state index contributed by atoms with van der Waals surface area (Å²) in [7, 11) is 4.93. The zero-order valence-corrected chi connectivity index (χ0v) is 18.8. The van der Waals surface area contributed by atoms with Gasteiger partial charge in [0.05, 0.1) is 39.3 Å². The van der Waals surface area contributed by atoms with Crippen molar-refractivity contribution in [1.29, 1.82) is 0 Å². The van der Waals surface area contributed by atoms with Crippen LogP contribution in [0.25, 0.3) is 11.3 Å². The van der Waals surface area contributed by atoms with Crippen molar-refractivity contribution in [2.75, 3.05) is 27.9 Å². The van der Waals surface area contributed by atoms with Gasteiger partial charge in [-0.05, 0) is 55.2 Å². The van der Waals surface area contributed by atoms with E-state index in [1.54, 1.807) is 21.3 Å². The van der Waals surface area contributed by atoms with Crippen molar-refractivity contribution in [1.82, 2.24) is 14.9 Å². The van der Waals surface area contributed by atoms with Gasteiger partial charge in [-0.15, -0.1) is 0 Å². The van der Waals surface area contributed by atoms with E-state index in [1.165, 1.54) is 0 Å². The first-order valence-corrected chi connectivity index (χ1v) is 10.8. The van der Waals surface area contributed by atoms with Crippen molar-refractivity contribution < 1.29 is 19.0 Å². The molecule has 1 amide bonds. The number of hydrogen-bond acceptors (Lipinski definition) is 5. The summed E-state index contributed by atoms with van der Waals surface area (Å²) in [6, 6.07) is 13.5. The molecule has 168 valence electrons. The lowest BCUT2D eigenvalue weighted by Crippen LogP contribution is -2.31. The minimum atomic E-state index is -0.0333. The number of ether oxygens (including phenoxy) is 3. The molecular formula is C25H29N3O4. The number of benzene rings is 2. The van der Waals surface area contributed by atoms with Gasteiger partial charge in [-0.3, -0.25) is 4.79 Å². The van der Waals surface area contributed by atoms with Crippen LogP contribution in [0.3, 0.4) is 0 Å². The van der Waals surface area contributed by atoms with Crippen LogP contribution >= 0.6 is 0 Å².